The summed E-state index contributed by atoms with van der Waals surface area (Å²) in [4.78, 5) is 40.7. The number of amides is 1. The molecule has 0 radical (unpaired) electrons. The molecular weight excluding hydrogens is 477 g/mol. The van der Waals surface area contributed by atoms with E-state index in [9.17, 15) is 14.4 Å². The molecule has 7 nitrogen and oxygen atoms in total. The molecule has 0 aliphatic carbocycles. The molecule has 0 fully saturated rings. The number of aliphatic carboxylic acids is 1. The number of carboxylic acids is 1. The maximum absolute atomic E-state index is 13.0. The van der Waals surface area contributed by atoms with Gasteiger partial charge in [-0.05, 0) is 54.0 Å². The first-order chi connectivity index (χ1) is 15.2. The van der Waals surface area contributed by atoms with Gasteiger partial charge >= 0.3 is 5.97 Å². The summed E-state index contributed by atoms with van der Waals surface area (Å²) in [5, 5.41) is 10.9. The van der Waals surface area contributed by atoms with E-state index in [1.54, 1.807) is 16.7 Å². The molecule has 0 atom stereocenters. The highest BCUT2D eigenvalue weighted by atomic mass is 35.5. The fourth-order valence-corrected chi connectivity index (χ4v) is 3.82. The maximum Gasteiger partial charge on any atom is 0.349 e. The molecule has 0 saturated heterocycles. The summed E-state index contributed by atoms with van der Waals surface area (Å²) in [5.74, 6) is -1.87. The number of halogens is 3. The molecule has 0 bridgehead atoms. The van der Waals surface area contributed by atoms with Crippen molar-refractivity contribution in [2.75, 3.05) is 5.32 Å². The first-order valence-electron chi connectivity index (χ1n) is 9.35. The summed E-state index contributed by atoms with van der Waals surface area (Å²) in [7, 11) is 0. The molecule has 0 saturated carbocycles. The van der Waals surface area contributed by atoms with Crippen molar-refractivity contribution in [3.63, 3.8) is 0 Å². The number of anilines is 1. The molecule has 2 aromatic carbocycles. The van der Waals surface area contributed by atoms with E-state index in [1.807, 2.05) is 24.3 Å². The van der Waals surface area contributed by atoms with Crippen LogP contribution >= 0.6 is 34.8 Å². The Morgan fingerprint density at radius 2 is 1.91 bits per heavy atom. The minimum atomic E-state index is -1.52. The van der Waals surface area contributed by atoms with Crippen LogP contribution in [-0.4, -0.2) is 26.5 Å². The lowest BCUT2D eigenvalue weighted by atomic mass is 10.1. The third kappa shape index (κ3) is 4.27. The van der Waals surface area contributed by atoms with E-state index in [4.69, 9.17) is 39.9 Å². The van der Waals surface area contributed by atoms with Crippen LogP contribution in [0.15, 0.2) is 57.3 Å². The zero-order chi connectivity index (χ0) is 23.0. The summed E-state index contributed by atoms with van der Waals surface area (Å²) in [6.07, 6.45) is 2.58. The Hall–Kier alpha value is -3.13. The summed E-state index contributed by atoms with van der Waals surface area (Å²) < 4.78 is 1.61. The summed E-state index contributed by atoms with van der Waals surface area (Å²) in [6.45, 7) is 0.510. The van der Waals surface area contributed by atoms with Gasteiger partial charge in [0.2, 0.25) is 0 Å². The first-order valence-corrected chi connectivity index (χ1v) is 10.5. The highest BCUT2D eigenvalue weighted by molar-refractivity contribution is 6.54. The van der Waals surface area contributed by atoms with Crippen molar-refractivity contribution in [2.24, 2.45) is 0 Å². The van der Waals surface area contributed by atoms with Gasteiger partial charge < -0.3 is 10.4 Å². The van der Waals surface area contributed by atoms with Gasteiger partial charge in [0, 0.05) is 17.3 Å². The normalized spacial score (nSPS) is 14.9. The Kier molecular flexibility index (Phi) is 6.06. The highest BCUT2D eigenvalue weighted by Gasteiger charge is 2.22. The number of fused-ring (bicyclic) bond motifs is 2. The molecule has 2 N–H and O–H groups in total. The minimum Gasteiger partial charge on any atom is -0.477 e. The van der Waals surface area contributed by atoms with E-state index < -0.39 is 21.9 Å². The van der Waals surface area contributed by atoms with Gasteiger partial charge in [-0.2, -0.15) is 0 Å². The summed E-state index contributed by atoms with van der Waals surface area (Å²) in [5.41, 5.74) is 2.25. The van der Waals surface area contributed by atoms with Gasteiger partial charge in [0.05, 0.1) is 10.9 Å². The van der Waals surface area contributed by atoms with Crippen LogP contribution in [0, 0.1) is 0 Å². The molecule has 1 aromatic heterocycles. The Morgan fingerprint density at radius 3 is 2.62 bits per heavy atom. The fraction of sp³-hybridized carbons (Fsp3) is 0.0909. The van der Waals surface area contributed by atoms with Gasteiger partial charge in [0.15, 0.2) is 0 Å². The van der Waals surface area contributed by atoms with Crippen LogP contribution in [0.4, 0.5) is 5.69 Å². The Balaban J connectivity index is 1.73. The second kappa shape index (κ2) is 8.78. The van der Waals surface area contributed by atoms with Gasteiger partial charge in [-0.1, -0.05) is 46.9 Å². The van der Waals surface area contributed by atoms with Crippen LogP contribution in [0.25, 0.3) is 22.6 Å². The van der Waals surface area contributed by atoms with Crippen molar-refractivity contribution in [3.05, 3.63) is 79.3 Å². The van der Waals surface area contributed by atoms with Crippen LogP contribution in [0.2, 0.25) is 5.02 Å². The van der Waals surface area contributed by atoms with Gasteiger partial charge in [-0.3, -0.25) is 14.2 Å². The molecule has 0 unspecified atom stereocenters. The van der Waals surface area contributed by atoms with Gasteiger partial charge in [-0.25, -0.2) is 9.78 Å². The quantitative estimate of drug-likeness (QED) is 0.516. The zero-order valence-corrected chi connectivity index (χ0v) is 18.5. The number of nitrogens with one attached hydrogen (secondary N) is 1. The number of carbonyl (C=O) groups is 2. The van der Waals surface area contributed by atoms with E-state index in [2.05, 4.69) is 10.3 Å². The van der Waals surface area contributed by atoms with E-state index in [0.717, 1.165) is 11.1 Å². The second-order valence-corrected chi connectivity index (χ2v) is 8.18. The minimum absolute atomic E-state index is 0.191. The van der Waals surface area contributed by atoms with Crippen LogP contribution in [-0.2, 0) is 16.1 Å². The van der Waals surface area contributed by atoms with Crippen molar-refractivity contribution in [1.82, 2.24) is 9.55 Å². The second-order valence-electron chi connectivity index (χ2n) is 6.99. The van der Waals surface area contributed by atoms with E-state index >= 15 is 0 Å². The molecular formula is C22H14Cl3N3O4. The van der Waals surface area contributed by atoms with Crippen molar-refractivity contribution in [2.45, 2.75) is 13.0 Å². The molecule has 0 spiro atoms. The average Bonchev–Trinajstić information content (AvgIpc) is 3.15. The fourth-order valence-electron chi connectivity index (χ4n) is 3.41. The average molecular weight is 491 g/mol. The summed E-state index contributed by atoms with van der Waals surface area (Å²) in [6, 6.07) is 11.9. The van der Waals surface area contributed by atoms with Crippen molar-refractivity contribution in [1.29, 1.82) is 0 Å². The molecule has 1 amide bonds. The lowest BCUT2D eigenvalue weighted by Gasteiger charge is -2.09. The zero-order valence-electron chi connectivity index (χ0n) is 16.2. The standard InChI is InChI=1S/C22H14Cl3N3O4/c23-13-3-1-2-11(9-13)8-12-6-7-28-19(12)27-16-10-14(4-5-15(16)21(28)30)26-20(29)17(24)18(25)22(31)32/h1-5,8-10H,6-7H2,(H,26,29)(H,31,32)/b12-8?,18-17-. The molecule has 4 rings (SSSR count). The lowest BCUT2D eigenvalue weighted by Crippen LogP contribution is -2.21. The van der Waals surface area contributed by atoms with Crippen molar-refractivity contribution in [3.8, 4) is 0 Å². The predicted molar refractivity (Wildman–Crippen MR) is 125 cm³/mol. The third-order valence-corrected chi connectivity index (χ3v) is 5.92. The van der Waals surface area contributed by atoms with Crippen molar-refractivity contribution < 1.29 is 14.7 Å². The highest BCUT2D eigenvalue weighted by Crippen LogP contribution is 2.29. The van der Waals surface area contributed by atoms with Crippen LogP contribution < -0.4 is 10.9 Å². The smallest absolute Gasteiger partial charge is 0.349 e. The monoisotopic (exact) mass is 489 g/mol. The number of aromatic nitrogens is 2. The number of benzene rings is 2. The SMILES string of the molecule is O=C(O)/C(Cl)=C(/Cl)C(=O)Nc1ccc2c(=O)n3c(nc2c1)C(=Cc1cccc(Cl)c1)CC3. The molecule has 3 aromatic rings. The van der Waals surface area contributed by atoms with Crippen LogP contribution in [0.3, 0.4) is 0 Å². The molecule has 1 aliphatic heterocycles. The number of carboxylic acid groups (broad SMARTS) is 1. The number of rotatable bonds is 4. The third-order valence-electron chi connectivity index (χ3n) is 4.87. The van der Waals surface area contributed by atoms with Crippen LogP contribution in [0.5, 0.6) is 0 Å². The molecule has 162 valence electrons. The molecule has 1 aliphatic rings. The Bertz CT molecular complexity index is 1410. The Morgan fingerprint density at radius 1 is 1.12 bits per heavy atom. The molecule has 32 heavy (non-hydrogen) atoms. The van der Waals surface area contributed by atoms with Gasteiger partial charge in [-0.15, -0.1) is 0 Å². The van der Waals surface area contributed by atoms with Gasteiger partial charge in [0.25, 0.3) is 11.5 Å². The van der Waals surface area contributed by atoms with E-state index in [1.165, 1.54) is 12.1 Å². The molecule has 2 heterocycles. The topological polar surface area (TPSA) is 101 Å². The number of carbonyl (C=O) groups excluding carboxylic acids is 1. The number of hydrogen-bond donors (Lipinski definition) is 2. The first kappa shape index (κ1) is 22.1. The lowest BCUT2D eigenvalue weighted by molar-refractivity contribution is -0.132. The number of nitrogens with zero attached hydrogens (tertiary/aromatic N) is 2. The van der Waals surface area contributed by atoms with Gasteiger partial charge in [0.1, 0.15) is 15.9 Å². The molecule has 10 heteroatoms. The number of hydrogen-bond acceptors (Lipinski definition) is 4. The largest absolute Gasteiger partial charge is 0.477 e. The van der Waals surface area contributed by atoms with Crippen LogP contribution in [0.1, 0.15) is 17.8 Å². The van der Waals surface area contributed by atoms with E-state index in [-0.39, 0.29) is 11.2 Å². The summed E-state index contributed by atoms with van der Waals surface area (Å²) >= 11 is 17.3. The number of allylic oxidation sites excluding steroid dienone is 1. The predicted octanol–water partition coefficient (Wildman–Crippen LogP) is 4.71. The Labute approximate surface area is 196 Å². The maximum atomic E-state index is 13.0. The van der Waals surface area contributed by atoms with E-state index in [0.29, 0.717) is 34.7 Å². The van der Waals surface area contributed by atoms with Crippen molar-refractivity contribution >= 4 is 74.9 Å².